The van der Waals surface area contributed by atoms with Crippen molar-refractivity contribution in [3.05, 3.63) is 41.9 Å². The first-order chi connectivity index (χ1) is 11.7. The topological polar surface area (TPSA) is 80.2 Å². The molecule has 0 spiro atoms. The zero-order valence-corrected chi connectivity index (χ0v) is 13.9. The van der Waals surface area contributed by atoms with Gasteiger partial charge in [-0.25, -0.2) is 15.0 Å². The van der Waals surface area contributed by atoms with Crippen LogP contribution in [0.4, 0.5) is 11.8 Å². The summed E-state index contributed by atoms with van der Waals surface area (Å²) in [6.45, 7) is 3.52. The third-order valence-corrected chi connectivity index (χ3v) is 4.06. The van der Waals surface area contributed by atoms with Crippen LogP contribution >= 0.6 is 0 Å². The second-order valence-corrected chi connectivity index (χ2v) is 5.91. The zero-order valence-electron chi connectivity index (χ0n) is 13.9. The van der Waals surface area contributed by atoms with Gasteiger partial charge in [-0.15, -0.1) is 0 Å². The van der Waals surface area contributed by atoms with E-state index in [0.29, 0.717) is 18.3 Å². The highest BCUT2D eigenvalue weighted by Crippen LogP contribution is 2.26. The van der Waals surface area contributed by atoms with Crippen molar-refractivity contribution >= 4 is 17.7 Å². The molecule has 2 aromatic rings. The molecule has 1 N–H and O–H groups in total. The molecule has 1 fully saturated rings. The summed E-state index contributed by atoms with van der Waals surface area (Å²) in [5, 5.41) is 3.12. The van der Waals surface area contributed by atoms with Crippen molar-refractivity contribution < 1.29 is 9.53 Å². The molecule has 3 rings (SSSR count). The van der Waals surface area contributed by atoms with Crippen molar-refractivity contribution in [2.75, 3.05) is 32.1 Å². The summed E-state index contributed by atoms with van der Waals surface area (Å²) in [7, 11) is 1.53. The highest BCUT2D eigenvalue weighted by atomic mass is 16.5. The van der Waals surface area contributed by atoms with Crippen LogP contribution in [0.15, 0.2) is 30.6 Å². The molecule has 0 bridgehead atoms. The van der Waals surface area contributed by atoms with E-state index in [1.165, 1.54) is 7.11 Å². The van der Waals surface area contributed by atoms with Crippen LogP contribution in [-0.2, 0) is 9.53 Å². The maximum absolute atomic E-state index is 11.9. The molecule has 1 atom stereocenters. The van der Waals surface area contributed by atoms with Gasteiger partial charge in [-0.2, -0.15) is 0 Å². The van der Waals surface area contributed by atoms with E-state index in [1.54, 1.807) is 12.4 Å². The number of rotatable bonds is 5. The molecule has 1 unspecified atom stereocenters. The monoisotopic (exact) mass is 327 g/mol. The number of aromatic nitrogens is 3. The number of hydrogen-bond donors (Lipinski definition) is 1. The molecule has 0 radical (unpaired) electrons. The van der Waals surface area contributed by atoms with Crippen molar-refractivity contribution in [1.82, 2.24) is 19.9 Å². The summed E-state index contributed by atoms with van der Waals surface area (Å²) in [5.41, 5.74) is 2.04. The van der Waals surface area contributed by atoms with Gasteiger partial charge in [0.15, 0.2) is 0 Å². The van der Waals surface area contributed by atoms with Gasteiger partial charge in [0.2, 0.25) is 11.9 Å². The minimum Gasteiger partial charge on any atom is -0.375 e. The Morgan fingerprint density at radius 2 is 2.25 bits per heavy atom. The number of carbonyl (C=O) groups excluding carboxylic acids is 1. The molecule has 3 heterocycles. The molecule has 126 valence electrons. The summed E-state index contributed by atoms with van der Waals surface area (Å²) in [4.78, 5) is 26.9. The van der Waals surface area contributed by atoms with Gasteiger partial charge < -0.3 is 15.0 Å². The lowest BCUT2D eigenvalue weighted by molar-refractivity contribution is -0.134. The van der Waals surface area contributed by atoms with Gasteiger partial charge in [-0.1, -0.05) is 6.07 Å². The lowest BCUT2D eigenvalue weighted by Crippen LogP contribution is -2.31. The minimum absolute atomic E-state index is 0.0243. The first kappa shape index (κ1) is 16.3. The highest BCUT2D eigenvalue weighted by Gasteiger charge is 2.28. The van der Waals surface area contributed by atoms with Gasteiger partial charge in [0.25, 0.3) is 0 Å². The number of likely N-dealkylation sites (tertiary alicyclic amines) is 1. The van der Waals surface area contributed by atoms with E-state index in [2.05, 4.69) is 20.3 Å². The second-order valence-electron chi connectivity index (χ2n) is 5.91. The van der Waals surface area contributed by atoms with Gasteiger partial charge in [0, 0.05) is 38.5 Å². The van der Waals surface area contributed by atoms with E-state index in [9.17, 15) is 4.79 Å². The van der Waals surface area contributed by atoms with Gasteiger partial charge in [-0.05, 0) is 31.0 Å². The Bertz CT molecular complexity index is 704. The van der Waals surface area contributed by atoms with Gasteiger partial charge >= 0.3 is 0 Å². The third-order valence-electron chi connectivity index (χ3n) is 4.06. The van der Waals surface area contributed by atoms with E-state index in [0.717, 1.165) is 24.2 Å². The fraction of sp³-hybridized carbons (Fsp3) is 0.412. The number of anilines is 2. The van der Waals surface area contributed by atoms with E-state index in [-0.39, 0.29) is 18.4 Å². The summed E-state index contributed by atoms with van der Waals surface area (Å²) in [6.07, 6.45) is 4.43. The number of nitrogens with zero attached hydrogens (tertiary/aromatic N) is 4. The summed E-state index contributed by atoms with van der Waals surface area (Å²) < 4.78 is 4.92. The number of amides is 1. The number of methoxy groups -OCH3 is 1. The van der Waals surface area contributed by atoms with Crippen molar-refractivity contribution in [3.8, 4) is 0 Å². The third kappa shape index (κ3) is 3.86. The van der Waals surface area contributed by atoms with Crippen LogP contribution in [0.5, 0.6) is 0 Å². The second kappa shape index (κ2) is 7.35. The lowest BCUT2D eigenvalue weighted by Gasteiger charge is -2.16. The molecule has 1 aliphatic heterocycles. The molecule has 1 saturated heterocycles. The lowest BCUT2D eigenvalue weighted by atomic mass is 10.1. The van der Waals surface area contributed by atoms with E-state index >= 15 is 0 Å². The average molecular weight is 327 g/mol. The van der Waals surface area contributed by atoms with Crippen LogP contribution in [-0.4, -0.2) is 52.6 Å². The smallest absolute Gasteiger partial charge is 0.248 e. The molecule has 0 saturated carbocycles. The number of hydrogen-bond acceptors (Lipinski definition) is 6. The zero-order chi connectivity index (χ0) is 16.9. The highest BCUT2D eigenvalue weighted by molar-refractivity contribution is 5.77. The van der Waals surface area contributed by atoms with Crippen LogP contribution in [0, 0.1) is 6.92 Å². The average Bonchev–Trinajstić information content (AvgIpc) is 3.08. The molecular weight excluding hydrogens is 306 g/mol. The standard InChI is InChI=1S/C17H21N5O2/c1-12-3-4-15(19-9-12)21-17-18-7-5-14(20-17)13-6-8-22(10-13)16(23)11-24-2/h3-5,7,9,13H,6,8,10-11H2,1-2H3,(H,18,19,20,21). The molecule has 0 aromatic carbocycles. The SMILES string of the molecule is COCC(=O)N1CCC(c2ccnc(Nc3ccc(C)cn3)n2)C1. The first-order valence-electron chi connectivity index (χ1n) is 7.95. The molecule has 0 aliphatic carbocycles. The largest absolute Gasteiger partial charge is 0.375 e. The van der Waals surface area contributed by atoms with Gasteiger partial charge in [-0.3, -0.25) is 4.79 Å². The van der Waals surface area contributed by atoms with Gasteiger partial charge in [0.1, 0.15) is 12.4 Å². The molecule has 24 heavy (non-hydrogen) atoms. The van der Waals surface area contributed by atoms with Crippen LogP contribution in [0.3, 0.4) is 0 Å². The number of pyridine rings is 1. The normalized spacial score (nSPS) is 17.1. The van der Waals surface area contributed by atoms with Gasteiger partial charge in [0.05, 0.1) is 5.69 Å². The summed E-state index contributed by atoms with van der Waals surface area (Å²) in [6, 6.07) is 5.78. The van der Waals surface area contributed by atoms with Crippen LogP contribution in [0.1, 0.15) is 23.6 Å². The minimum atomic E-state index is 0.0243. The Morgan fingerprint density at radius 1 is 1.38 bits per heavy atom. The fourth-order valence-corrected chi connectivity index (χ4v) is 2.76. The first-order valence-corrected chi connectivity index (χ1v) is 7.95. The summed E-state index contributed by atoms with van der Waals surface area (Å²) >= 11 is 0. The maximum Gasteiger partial charge on any atom is 0.248 e. The fourth-order valence-electron chi connectivity index (χ4n) is 2.76. The van der Waals surface area contributed by atoms with E-state index < -0.39 is 0 Å². The Balaban J connectivity index is 1.67. The van der Waals surface area contributed by atoms with Crippen molar-refractivity contribution in [3.63, 3.8) is 0 Å². The number of ether oxygens (including phenoxy) is 1. The Kier molecular flexibility index (Phi) is 5.00. The van der Waals surface area contributed by atoms with E-state index in [1.807, 2.05) is 30.0 Å². The Hall–Kier alpha value is -2.54. The van der Waals surface area contributed by atoms with Crippen LogP contribution in [0.2, 0.25) is 0 Å². The van der Waals surface area contributed by atoms with Crippen molar-refractivity contribution in [1.29, 1.82) is 0 Å². The Morgan fingerprint density at radius 3 is 3.00 bits per heavy atom. The van der Waals surface area contributed by atoms with E-state index in [4.69, 9.17) is 4.74 Å². The van der Waals surface area contributed by atoms with Crippen molar-refractivity contribution in [2.24, 2.45) is 0 Å². The Labute approximate surface area is 141 Å². The van der Waals surface area contributed by atoms with Crippen molar-refractivity contribution in [2.45, 2.75) is 19.3 Å². The maximum atomic E-state index is 11.9. The number of carbonyl (C=O) groups is 1. The molecule has 1 amide bonds. The molecule has 2 aromatic heterocycles. The predicted octanol–water partition coefficient (Wildman–Crippen LogP) is 1.89. The summed E-state index contributed by atoms with van der Waals surface area (Å²) in [5.74, 6) is 1.48. The van der Waals surface area contributed by atoms with Crippen LogP contribution < -0.4 is 5.32 Å². The molecule has 1 aliphatic rings. The molecule has 7 nitrogen and oxygen atoms in total. The molecule has 7 heteroatoms. The van der Waals surface area contributed by atoms with Crippen LogP contribution in [0.25, 0.3) is 0 Å². The quantitative estimate of drug-likeness (QED) is 0.903. The number of nitrogens with one attached hydrogen (secondary N) is 1. The predicted molar refractivity (Wildman–Crippen MR) is 90.1 cm³/mol. The molecular formula is C17H21N5O2. The number of aryl methyl sites for hydroxylation is 1.